The number of benzene rings is 1. The van der Waals surface area contributed by atoms with Crippen LogP contribution in [0.2, 0.25) is 0 Å². The Morgan fingerprint density at radius 3 is 2.88 bits per heavy atom. The highest BCUT2D eigenvalue weighted by Gasteiger charge is 2.08. The molecular formula is C16H11BrClN5O. The quantitative estimate of drug-likeness (QED) is 0.636. The van der Waals surface area contributed by atoms with Gasteiger partial charge in [0.25, 0.3) is 0 Å². The maximum atomic E-state index is 11.6. The molecule has 0 aliphatic rings. The number of aromatic nitrogens is 3. The third-order valence-electron chi connectivity index (χ3n) is 3.07. The van der Waals surface area contributed by atoms with Crippen LogP contribution in [0.3, 0.4) is 0 Å². The average molecular weight is 405 g/mol. The molecule has 0 saturated heterocycles. The zero-order valence-electron chi connectivity index (χ0n) is 12.2. The number of hydrogen-bond acceptors (Lipinski definition) is 5. The van der Waals surface area contributed by atoms with E-state index in [1.165, 1.54) is 12.4 Å². The number of nitrogens with one attached hydrogen (secondary N) is 2. The van der Waals surface area contributed by atoms with Gasteiger partial charge in [0.15, 0.2) is 0 Å². The van der Waals surface area contributed by atoms with Crippen LogP contribution in [0.5, 0.6) is 0 Å². The van der Waals surface area contributed by atoms with E-state index in [9.17, 15) is 4.79 Å². The lowest BCUT2D eigenvalue weighted by molar-refractivity contribution is -0.111. The zero-order chi connectivity index (χ0) is 16.9. The molecule has 0 unspecified atom stereocenters. The minimum Gasteiger partial charge on any atom is -0.340 e. The van der Waals surface area contributed by atoms with Crippen LogP contribution in [0.4, 0.5) is 17.3 Å². The molecule has 0 aliphatic carbocycles. The van der Waals surface area contributed by atoms with Crippen molar-refractivity contribution in [3.63, 3.8) is 0 Å². The van der Waals surface area contributed by atoms with E-state index in [-0.39, 0.29) is 5.91 Å². The maximum Gasteiger partial charge on any atom is 0.250 e. The van der Waals surface area contributed by atoms with Crippen molar-refractivity contribution in [2.24, 2.45) is 0 Å². The number of carbonyl (C=O) groups is 1. The predicted octanol–water partition coefficient (Wildman–Crippen LogP) is 4.22. The number of fused-ring (bicyclic) bond motifs is 1. The lowest BCUT2D eigenvalue weighted by atomic mass is 10.2. The Morgan fingerprint density at radius 1 is 1.21 bits per heavy atom. The topological polar surface area (TPSA) is 79.8 Å². The van der Waals surface area contributed by atoms with Crippen LogP contribution < -0.4 is 10.6 Å². The van der Waals surface area contributed by atoms with Crippen LogP contribution >= 0.6 is 27.5 Å². The van der Waals surface area contributed by atoms with E-state index in [4.69, 9.17) is 11.6 Å². The molecule has 8 heteroatoms. The molecule has 1 aromatic carbocycles. The van der Waals surface area contributed by atoms with Crippen LogP contribution in [0.15, 0.2) is 58.9 Å². The fourth-order valence-electron chi connectivity index (χ4n) is 2.06. The van der Waals surface area contributed by atoms with Gasteiger partial charge in [-0.15, -0.1) is 0 Å². The van der Waals surface area contributed by atoms with Gasteiger partial charge >= 0.3 is 0 Å². The lowest BCUT2D eigenvalue weighted by Gasteiger charge is -2.09. The van der Waals surface area contributed by atoms with E-state index in [0.717, 1.165) is 21.1 Å². The molecule has 0 aliphatic heterocycles. The average Bonchev–Trinajstić information content (AvgIpc) is 2.56. The van der Waals surface area contributed by atoms with E-state index in [0.29, 0.717) is 17.2 Å². The molecule has 0 radical (unpaired) electrons. The van der Waals surface area contributed by atoms with Crippen LogP contribution in [-0.4, -0.2) is 20.9 Å². The SMILES string of the molecule is O=C(/C=C\Cl)Nc1cc2c(Nc3cccc(Br)c3)ncnc2cn1. The Morgan fingerprint density at radius 2 is 2.08 bits per heavy atom. The number of rotatable bonds is 4. The van der Waals surface area contributed by atoms with Gasteiger partial charge in [-0.1, -0.05) is 33.6 Å². The minimum atomic E-state index is -0.366. The molecule has 120 valence electrons. The van der Waals surface area contributed by atoms with Gasteiger partial charge in [0.05, 0.1) is 11.7 Å². The number of anilines is 3. The molecule has 2 N–H and O–H groups in total. The number of hydrogen-bond donors (Lipinski definition) is 2. The van der Waals surface area contributed by atoms with Crippen molar-refractivity contribution in [3.05, 3.63) is 58.9 Å². The van der Waals surface area contributed by atoms with Crippen molar-refractivity contribution in [1.82, 2.24) is 15.0 Å². The maximum absolute atomic E-state index is 11.6. The monoisotopic (exact) mass is 403 g/mol. The number of halogens is 2. The minimum absolute atomic E-state index is 0.366. The Balaban J connectivity index is 1.96. The Bertz CT molecular complexity index is 931. The summed E-state index contributed by atoms with van der Waals surface area (Å²) in [5, 5.41) is 6.59. The third kappa shape index (κ3) is 3.87. The molecular weight excluding hydrogens is 394 g/mol. The second-order valence-electron chi connectivity index (χ2n) is 4.73. The second kappa shape index (κ2) is 7.37. The van der Waals surface area contributed by atoms with Gasteiger partial charge in [-0.05, 0) is 24.3 Å². The van der Waals surface area contributed by atoms with E-state index >= 15 is 0 Å². The van der Waals surface area contributed by atoms with E-state index in [2.05, 4.69) is 41.5 Å². The fraction of sp³-hybridized carbons (Fsp3) is 0. The first-order valence-electron chi connectivity index (χ1n) is 6.87. The summed E-state index contributed by atoms with van der Waals surface area (Å²) in [6, 6.07) is 9.42. The zero-order valence-corrected chi connectivity index (χ0v) is 14.5. The molecule has 2 aromatic heterocycles. The van der Waals surface area contributed by atoms with Crippen molar-refractivity contribution in [1.29, 1.82) is 0 Å². The summed E-state index contributed by atoms with van der Waals surface area (Å²) in [6.45, 7) is 0. The van der Waals surface area contributed by atoms with Gasteiger partial charge in [-0.2, -0.15) is 0 Å². The van der Waals surface area contributed by atoms with E-state index in [1.807, 2.05) is 24.3 Å². The van der Waals surface area contributed by atoms with E-state index in [1.54, 1.807) is 12.3 Å². The van der Waals surface area contributed by atoms with Gasteiger partial charge in [-0.25, -0.2) is 15.0 Å². The first-order chi connectivity index (χ1) is 11.7. The highest BCUT2D eigenvalue weighted by molar-refractivity contribution is 9.10. The first kappa shape index (κ1) is 16.4. The van der Waals surface area contributed by atoms with Crippen molar-refractivity contribution >= 4 is 61.7 Å². The molecule has 0 bridgehead atoms. The molecule has 1 amide bonds. The molecule has 3 rings (SSSR count). The summed E-state index contributed by atoms with van der Waals surface area (Å²) in [5.74, 6) is 0.633. The third-order valence-corrected chi connectivity index (χ3v) is 3.69. The van der Waals surface area contributed by atoms with Gasteiger partial charge in [0.2, 0.25) is 5.91 Å². The molecule has 0 atom stereocenters. The largest absolute Gasteiger partial charge is 0.340 e. The summed E-state index contributed by atoms with van der Waals surface area (Å²) in [5.41, 5.74) is 2.67. The summed E-state index contributed by atoms with van der Waals surface area (Å²) < 4.78 is 0.952. The van der Waals surface area contributed by atoms with Gasteiger partial charge in [0, 0.05) is 27.2 Å². The van der Waals surface area contributed by atoms with Crippen molar-refractivity contribution in [3.8, 4) is 0 Å². The highest BCUT2D eigenvalue weighted by atomic mass is 79.9. The Kier molecular flexibility index (Phi) is 5.02. The number of amides is 1. The molecule has 0 spiro atoms. The molecule has 24 heavy (non-hydrogen) atoms. The summed E-state index contributed by atoms with van der Waals surface area (Å²) in [6.07, 6.45) is 4.23. The fourth-order valence-corrected chi connectivity index (χ4v) is 2.57. The molecule has 6 nitrogen and oxygen atoms in total. The van der Waals surface area contributed by atoms with Crippen molar-refractivity contribution < 1.29 is 4.79 Å². The summed E-state index contributed by atoms with van der Waals surface area (Å²) in [4.78, 5) is 24.2. The predicted molar refractivity (Wildman–Crippen MR) is 98.4 cm³/mol. The number of nitrogens with zero attached hydrogens (tertiary/aromatic N) is 3. The van der Waals surface area contributed by atoms with E-state index < -0.39 is 0 Å². The number of carbonyl (C=O) groups excluding carboxylic acids is 1. The van der Waals surface area contributed by atoms with Crippen molar-refractivity contribution in [2.45, 2.75) is 0 Å². The molecule has 0 saturated carbocycles. The van der Waals surface area contributed by atoms with Crippen molar-refractivity contribution in [2.75, 3.05) is 10.6 Å². The number of pyridine rings is 1. The van der Waals surface area contributed by atoms with Crippen LogP contribution in [0.25, 0.3) is 10.9 Å². The Labute approximate surface area is 151 Å². The summed E-state index contributed by atoms with van der Waals surface area (Å²) >= 11 is 8.82. The van der Waals surface area contributed by atoms with Gasteiger partial charge in [0.1, 0.15) is 18.0 Å². The van der Waals surface area contributed by atoms with Crippen LogP contribution in [0.1, 0.15) is 0 Å². The standard InChI is InChI=1S/C16H11BrClN5O/c17-10-2-1-3-11(6-10)22-16-12-7-14(23-15(24)4-5-18)19-8-13(12)20-9-21-16/h1-9H,(H,19,23,24)(H,20,21,22)/b5-4-. The van der Waals surface area contributed by atoms with Gasteiger partial charge < -0.3 is 10.6 Å². The normalized spacial score (nSPS) is 10.9. The second-order valence-corrected chi connectivity index (χ2v) is 5.89. The highest BCUT2D eigenvalue weighted by Crippen LogP contribution is 2.25. The lowest BCUT2D eigenvalue weighted by Crippen LogP contribution is -2.09. The van der Waals surface area contributed by atoms with Gasteiger partial charge in [-0.3, -0.25) is 4.79 Å². The summed E-state index contributed by atoms with van der Waals surface area (Å²) in [7, 11) is 0. The molecule has 0 fully saturated rings. The molecule has 2 heterocycles. The van der Waals surface area contributed by atoms with Crippen LogP contribution in [-0.2, 0) is 4.79 Å². The first-order valence-corrected chi connectivity index (χ1v) is 8.10. The molecule has 3 aromatic rings. The van der Waals surface area contributed by atoms with Crippen LogP contribution in [0, 0.1) is 0 Å². The Hall–Kier alpha value is -2.51. The smallest absolute Gasteiger partial charge is 0.250 e.